The number of nitrogens with zero attached hydrogens (tertiary/aromatic N) is 1. The van der Waals surface area contributed by atoms with Gasteiger partial charge in [-0.1, -0.05) is 13.8 Å². The zero-order valence-electron chi connectivity index (χ0n) is 9.80. The van der Waals surface area contributed by atoms with E-state index in [9.17, 15) is 8.42 Å². The predicted octanol–water partition coefficient (Wildman–Crippen LogP) is 1.39. The molecular formula is C10H18N2O2S2. The summed E-state index contributed by atoms with van der Waals surface area (Å²) in [4.78, 5) is 4.35. The molecular weight excluding hydrogens is 244 g/mol. The molecule has 1 rings (SSSR count). The fraction of sp³-hybridized carbons (Fsp3) is 0.700. The molecule has 1 atom stereocenters. The van der Waals surface area contributed by atoms with Gasteiger partial charge in [-0.15, -0.1) is 11.3 Å². The molecule has 0 spiro atoms. The number of hydrogen-bond donors (Lipinski definition) is 1. The zero-order chi connectivity index (χ0) is 12.3. The summed E-state index contributed by atoms with van der Waals surface area (Å²) in [7, 11) is -3.00. The van der Waals surface area contributed by atoms with Crippen LogP contribution in [0.3, 0.4) is 0 Å². The number of rotatable bonds is 5. The number of hydrogen-bond acceptors (Lipinski definition) is 5. The van der Waals surface area contributed by atoms with E-state index in [4.69, 9.17) is 5.73 Å². The van der Waals surface area contributed by atoms with Gasteiger partial charge in [-0.2, -0.15) is 0 Å². The number of aromatic nitrogens is 1. The van der Waals surface area contributed by atoms with Crippen molar-refractivity contribution in [3.05, 3.63) is 16.1 Å². The summed E-state index contributed by atoms with van der Waals surface area (Å²) in [5.41, 5.74) is 6.61. The van der Waals surface area contributed by atoms with Gasteiger partial charge in [0.15, 0.2) is 9.84 Å². The van der Waals surface area contributed by atoms with Crippen molar-refractivity contribution in [2.75, 3.05) is 12.8 Å². The van der Waals surface area contributed by atoms with Crippen LogP contribution in [0.25, 0.3) is 0 Å². The summed E-state index contributed by atoms with van der Waals surface area (Å²) >= 11 is 1.39. The quantitative estimate of drug-likeness (QED) is 0.870. The molecule has 16 heavy (non-hydrogen) atoms. The number of nitrogens with two attached hydrogens (primary N) is 1. The molecule has 4 nitrogen and oxygen atoms in total. The lowest BCUT2D eigenvalue weighted by atomic mass is 9.93. The molecule has 1 aromatic heterocycles. The molecule has 0 amide bonds. The van der Waals surface area contributed by atoms with Crippen LogP contribution in [0.1, 0.15) is 30.5 Å². The van der Waals surface area contributed by atoms with Crippen molar-refractivity contribution in [1.29, 1.82) is 0 Å². The minimum atomic E-state index is -3.00. The summed E-state index contributed by atoms with van der Waals surface area (Å²) in [5, 5.41) is 2.56. The van der Waals surface area contributed by atoms with E-state index in [-0.39, 0.29) is 11.7 Å². The van der Waals surface area contributed by atoms with Gasteiger partial charge in [-0.25, -0.2) is 13.4 Å². The summed E-state index contributed by atoms with van der Waals surface area (Å²) < 4.78 is 22.3. The standard InChI is InChI=1S/C10H18N2O2S2/c1-7(2)8(4-11)9-5-15-10(12-9)6-16(3,13)14/h5,7-8H,4,6,11H2,1-3H3. The van der Waals surface area contributed by atoms with Crippen molar-refractivity contribution < 1.29 is 8.42 Å². The molecule has 0 bridgehead atoms. The Morgan fingerprint density at radius 1 is 1.50 bits per heavy atom. The van der Waals surface area contributed by atoms with E-state index in [1.165, 1.54) is 17.6 Å². The first-order valence-corrected chi connectivity index (χ1v) is 8.09. The summed E-state index contributed by atoms with van der Waals surface area (Å²) in [6.45, 7) is 4.72. The third-order valence-electron chi connectivity index (χ3n) is 2.39. The van der Waals surface area contributed by atoms with Gasteiger partial charge in [-0.3, -0.25) is 0 Å². The molecule has 1 aromatic rings. The highest BCUT2D eigenvalue weighted by molar-refractivity contribution is 7.90. The molecule has 0 aliphatic carbocycles. The molecule has 0 fully saturated rings. The Labute approximate surface area is 101 Å². The van der Waals surface area contributed by atoms with E-state index in [1.54, 1.807) is 0 Å². The van der Waals surface area contributed by atoms with E-state index >= 15 is 0 Å². The monoisotopic (exact) mass is 262 g/mol. The normalized spacial score (nSPS) is 14.3. The second kappa shape index (κ2) is 5.25. The van der Waals surface area contributed by atoms with Crippen molar-refractivity contribution in [3.63, 3.8) is 0 Å². The lowest BCUT2D eigenvalue weighted by Gasteiger charge is -2.15. The molecule has 1 unspecified atom stereocenters. The van der Waals surface area contributed by atoms with E-state index < -0.39 is 9.84 Å². The lowest BCUT2D eigenvalue weighted by Crippen LogP contribution is -2.18. The van der Waals surface area contributed by atoms with Crippen LogP contribution in [-0.4, -0.2) is 26.2 Å². The highest BCUT2D eigenvalue weighted by atomic mass is 32.2. The van der Waals surface area contributed by atoms with Gasteiger partial charge in [0.05, 0.1) is 5.69 Å². The van der Waals surface area contributed by atoms with Gasteiger partial charge < -0.3 is 5.73 Å². The van der Waals surface area contributed by atoms with Crippen LogP contribution >= 0.6 is 11.3 Å². The molecule has 1 heterocycles. The van der Waals surface area contributed by atoms with Crippen LogP contribution < -0.4 is 5.73 Å². The fourth-order valence-corrected chi connectivity index (χ4v) is 3.59. The third kappa shape index (κ3) is 3.84. The Morgan fingerprint density at radius 3 is 2.56 bits per heavy atom. The van der Waals surface area contributed by atoms with E-state index in [1.807, 2.05) is 5.38 Å². The minimum Gasteiger partial charge on any atom is -0.330 e. The second-order valence-corrected chi connectivity index (χ2v) is 7.41. The van der Waals surface area contributed by atoms with Crippen molar-refractivity contribution in [3.8, 4) is 0 Å². The molecule has 0 saturated heterocycles. The Kier molecular flexibility index (Phi) is 4.46. The number of sulfone groups is 1. The Morgan fingerprint density at radius 2 is 2.12 bits per heavy atom. The number of thiazole rings is 1. The van der Waals surface area contributed by atoms with E-state index in [2.05, 4.69) is 18.8 Å². The minimum absolute atomic E-state index is 0.0209. The molecule has 6 heteroatoms. The molecule has 92 valence electrons. The first kappa shape index (κ1) is 13.6. The van der Waals surface area contributed by atoms with Crippen molar-refractivity contribution >= 4 is 21.2 Å². The van der Waals surface area contributed by atoms with Crippen LogP contribution in [-0.2, 0) is 15.6 Å². The largest absolute Gasteiger partial charge is 0.330 e. The van der Waals surface area contributed by atoms with Gasteiger partial charge >= 0.3 is 0 Å². The first-order valence-electron chi connectivity index (χ1n) is 5.15. The molecule has 0 saturated carbocycles. The summed E-state index contributed by atoms with van der Waals surface area (Å²) in [5.74, 6) is 0.648. The van der Waals surface area contributed by atoms with Gasteiger partial charge in [0, 0.05) is 24.1 Å². The molecule has 2 N–H and O–H groups in total. The predicted molar refractivity (Wildman–Crippen MR) is 67.3 cm³/mol. The van der Waals surface area contributed by atoms with Crippen LogP contribution in [0.15, 0.2) is 5.38 Å². The smallest absolute Gasteiger partial charge is 0.153 e. The maximum absolute atomic E-state index is 11.1. The Bertz CT molecular complexity index is 437. The van der Waals surface area contributed by atoms with Crippen LogP contribution in [0.2, 0.25) is 0 Å². The van der Waals surface area contributed by atoms with Crippen LogP contribution in [0.4, 0.5) is 0 Å². The summed E-state index contributed by atoms with van der Waals surface area (Å²) in [6, 6.07) is 0. The molecule has 0 radical (unpaired) electrons. The van der Waals surface area contributed by atoms with Gasteiger partial charge in [0.1, 0.15) is 10.8 Å². The third-order valence-corrected chi connectivity index (χ3v) is 4.24. The first-order chi connectivity index (χ1) is 7.33. The lowest BCUT2D eigenvalue weighted by molar-refractivity contribution is 0.497. The SMILES string of the molecule is CC(C)C(CN)c1csc(CS(C)(=O)=O)n1. The highest BCUT2D eigenvalue weighted by Gasteiger charge is 2.18. The van der Waals surface area contributed by atoms with Crippen molar-refractivity contribution in [2.45, 2.75) is 25.5 Å². The maximum Gasteiger partial charge on any atom is 0.153 e. The average molecular weight is 262 g/mol. The van der Waals surface area contributed by atoms with E-state index in [0.717, 1.165) is 5.69 Å². The van der Waals surface area contributed by atoms with Crippen LogP contribution in [0.5, 0.6) is 0 Å². The maximum atomic E-state index is 11.1. The van der Waals surface area contributed by atoms with E-state index in [0.29, 0.717) is 17.5 Å². The highest BCUT2D eigenvalue weighted by Crippen LogP contribution is 2.25. The van der Waals surface area contributed by atoms with Gasteiger partial charge in [-0.05, 0) is 5.92 Å². The fourth-order valence-electron chi connectivity index (χ4n) is 1.52. The Balaban J connectivity index is 2.86. The molecule has 0 aliphatic rings. The van der Waals surface area contributed by atoms with Crippen LogP contribution in [0, 0.1) is 5.92 Å². The van der Waals surface area contributed by atoms with Crippen molar-refractivity contribution in [2.24, 2.45) is 11.7 Å². The average Bonchev–Trinajstić information content (AvgIpc) is 2.50. The summed E-state index contributed by atoms with van der Waals surface area (Å²) in [6.07, 6.45) is 1.22. The molecule has 0 aliphatic heterocycles. The molecule has 0 aromatic carbocycles. The Hall–Kier alpha value is -0.460. The van der Waals surface area contributed by atoms with Gasteiger partial charge in [0.2, 0.25) is 0 Å². The zero-order valence-corrected chi connectivity index (χ0v) is 11.4. The second-order valence-electron chi connectivity index (χ2n) is 4.32. The topological polar surface area (TPSA) is 73.1 Å². The van der Waals surface area contributed by atoms with Gasteiger partial charge in [0.25, 0.3) is 0 Å². The van der Waals surface area contributed by atoms with Crippen molar-refractivity contribution in [1.82, 2.24) is 4.98 Å².